The number of hydrogen-bond acceptors (Lipinski definition) is 3. The highest BCUT2D eigenvalue weighted by molar-refractivity contribution is 5.78. The molecule has 0 unspecified atom stereocenters. The molecule has 0 radical (unpaired) electrons. The highest BCUT2D eigenvalue weighted by Crippen LogP contribution is 2.27. The fourth-order valence-corrected chi connectivity index (χ4v) is 2.28. The average Bonchev–Trinajstić information content (AvgIpc) is 2.58. The fraction of sp³-hybridized carbons (Fsp3) is 0.278. The van der Waals surface area contributed by atoms with Crippen LogP contribution in [0.2, 0.25) is 0 Å². The molecule has 6 heteroatoms. The van der Waals surface area contributed by atoms with Crippen LogP contribution in [-0.4, -0.2) is 26.7 Å². The average molecular weight is 335 g/mol. The summed E-state index contributed by atoms with van der Waals surface area (Å²) >= 11 is 0. The zero-order valence-electron chi connectivity index (χ0n) is 13.6. The minimum Gasteiger partial charge on any atom is -0.493 e. The van der Waals surface area contributed by atoms with E-state index in [1.54, 1.807) is 25.3 Å². The first-order valence-electron chi connectivity index (χ1n) is 7.45. The van der Waals surface area contributed by atoms with Crippen molar-refractivity contribution in [2.45, 2.75) is 12.8 Å². The smallest absolute Gasteiger partial charge is 0.224 e. The van der Waals surface area contributed by atoms with Crippen molar-refractivity contribution in [1.82, 2.24) is 5.32 Å². The van der Waals surface area contributed by atoms with Gasteiger partial charge in [-0.1, -0.05) is 12.1 Å². The Bertz CT molecular complexity index is 719. The van der Waals surface area contributed by atoms with Crippen molar-refractivity contribution >= 4 is 5.91 Å². The summed E-state index contributed by atoms with van der Waals surface area (Å²) in [5.41, 5.74) is 1.42. The first-order valence-corrected chi connectivity index (χ1v) is 7.45. The third-order valence-corrected chi connectivity index (χ3v) is 3.53. The van der Waals surface area contributed by atoms with E-state index in [9.17, 15) is 13.6 Å². The Morgan fingerprint density at radius 3 is 2.33 bits per heavy atom. The number of halogens is 2. The lowest BCUT2D eigenvalue weighted by molar-refractivity contribution is -0.120. The monoisotopic (exact) mass is 335 g/mol. The van der Waals surface area contributed by atoms with Crippen LogP contribution in [0.25, 0.3) is 0 Å². The van der Waals surface area contributed by atoms with E-state index in [0.717, 1.165) is 17.7 Å². The number of amides is 1. The Kier molecular flexibility index (Phi) is 6.12. The van der Waals surface area contributed by atoms with Crippen LogP contribution in [0.5, 0.6) is 11.5 Å². The number of nitrogens with one attached hydrogen (secondary N) is 1. The van der Waals surface area contributed by atoms with Gasteiger partial charge in [0.2, 0.25) is 5.91 Å². The van der Waals surface area contributed by atoms with Gasteiger partial charge in [0.25, 0.3) is 0 Å². The molecular weight excluding hydrogens is 316 g/mol. The molecule has 0 aromatic heterocycles. The Balaban J connectivity index is 1.86. The van der Waals surface area contributed by atoms with Gasteiger partial charge >= 0.3 is 0 Å². The molecule has 2 rings (SSSR count). The molecule has 0 aliphatic rings. The number of rotatable bonds is 7. The molecule has 0 aliphatic heterocycles. The lowest BCUT2D eigenvalue weighted by Gasteiger charge is -2.10. The Morgan fingerprint density at radius 2 is 1.67 bits per heavy atom. The summed E-state index contributed by atoms with van der Waals surface area (Å²) < 4.78 is 36.3. The van der Waals surface area contributed by atoms with Gasteiger partial charge < -0.3 is 14.8 Å². The van der Waals surface area contributed by atoms with E-state index >= 15 is 0 Å². The van der Waals surface area contributed by atoms with Crippen molar-refractivity contribution in [1.29, 1.82) is 0 Å². The van der Waals surface area contributed by atoms with Gasteiger partial charge in [0.1, 0.15) is 0 Å². The third-order valence-electron chi connectivity index (χ3n) is 3.53. The van der Waals surface area contributed by atoms with Crippen molar-refractivity contribution in [3.05, 3.63) is 59.2 Å². The molecule has 128 valence electrons. The van der Waals surface area contributed by atoms with Crippen LogP contribution >= 0.6 is 0 Å². The molecule has 1 N–H and O–H groups in total. The molecule has 0 heterocycles. The van der Waals surface area contributed by atoms with Crippen LogP contribution < -0.4 is 14.8 Å². The van der Waals surface area contributed by atoms with Crippen molar-refractivity contribution < 1.29 is 23.0 Å². The normalized spacial score (nSPS) is 10.3. The standard InChI is InChI=1S/C18H19F2NO3/c1-23-16-6-4-13(10-17(16)24-2)11-18(22)21-8-7-12-3-5-14(19)15(20)9-12/h3-6,9-10H,7-8,11H2,1-2H3,(H,21,22). The Morgan fingerprint density at radius 1 is 0.958 bits per heavy atom. The summed E-state index contributed by atoms with van der Waals surface area (Å²) in [6.45, 7) is 0.344. The zero-order valence-corrected chi connectivity index (χ0v) is 13.6. The summed E-state index contributed by atoms with van der Waals surface area (Å²) in [6, 6.07) is 8.98. The van der Waals surface area contributed by atoms with E-state index in [1.807, 2.05) is 0 Å². The van der Waals surface area contributed by atoms with Crippen LogP contribution in [0.4, 0.5) is 8.78 Å². The van der Waals surface area contributed by atoms with Gasteiger partial charge in [0.05, 0.1) is 20.6 Å². The summed E-state index contributed by atoms with van der Waals surface area (Å²) in [5, 5.41) is 2.75. The molecule has 2 aromatic carbocycles. The SMILES string of the molecule is COc1ccc(CC(=O)NCCc2ccc(F)c(F)c2)cc1OC. The number of carbonyl (C=O) groups excluding carboxylic acids is 1. The molecule has 4 nitrogen and oxygen atoms in total. The van der Waals surface area contributed by atoms with Crippen LogP contribution in [0.15, 0.2) is 36.4 Å². The van der Waals surface area contributed by atoms with E-state index in [2.05, 4.69) is 5.32 Å². The van der Waals surface area contributed by atoms with Crippen molar-refractivity contribution in [3.63, 3.8) is 0 Å². The second kappa shape index (κ2) is 8.29. The molecule has 0 fully saturated rings. The molecule has 2 aromatic rings. The number of hydrogen-bond donors (Lipinski definition) is 1. The first-order chi connectivity index (χ1) is 11.5. The van der Waals surface area contributed by atoms with E-state index in [4.69, 9.17) is 9.47 Å². The molecule has 0 spiro atoms. The lowest BCUT2D eigenvalue weighted by Crippen LogP contribution is -2.27. The van der Waals surface area contributed by atoms with Crippen molar-refractivity contribution in [2.24, 2.45) is 0 Å². The summed E-state index contributed by atoms with van der Waals surface area (Å²) in [7, 11) is 3.08. The number of methoxy groups -OCH3 is 2. The predicted molar refractivity (Wildman–Crippen MR) is 86.3 cm³/mol. The fourth-order valence-electron chi connectivity index (χ4n) is 2.28. The predicted octanol–water partition coefficient (Wildman–Crippen LogP) is 2.88. The molecule has 0 saturated heterocycles. The molecule has 24 heavy (non-hydrogen) atoms. The topological polar surface area (TPSA) is 47.6 Å². The minimum atomic E-state index is -0.885. The van der Waals surface area contributed by atoms with Gasteiger partial charge in [0, 0.05) is 6.54 Å². The molecule has 0 aliphatic carbocycles. The Hall–Kier alpha value is -2.63. The van der Waals surface area contributed by atoms with E-state index in [1.165, 1.54) is 13.2 Å². The summed E-state index contributed by atoms with van der Waals surface area (Å²) in [5.74, 6) is -0.769. The quantitative estimate of drug-likeness (QED) is 0.846. The Labute approximate surface area is 139 Å². The van der Waals surface area contributed by atoms with E-state index in [0.29, 0.717) is 30.0 Å². The van der Waals surface area contributed by atoms with Gasteiger partial charge in [-0.15, -0.1) is 0 Å². The number of benzene rings is 2. The summed E-state index contributed by atoms with van der Waals surface area (Å²) in [6.07, 6.45) is 0.618. The molecule has 0 atom stereocenters. The maximum Gasteiger partial charge on any atom is 0.224 e. The molecule has 0 bridgehead atoms. The van der Waals surface area contributed by atoms with Crippen molar-refractivity contribution in [2.75, 3.05) is 20.8 Å². The van der Waals surface area contributed by atoms with Gasteiger partial charge in [-0.25, -0.2) is 8.78 Å². The highest BCUT2D eigenvalue weighted by atomic mass is 19.2. The zero-order chi connectivity index (χ0) is 17.5. The maximum atomic E-state index is 13.1. The number of carbonyl (C=O) groups is 1. The van der Waals surface area contributed by atoms with Crippen molar-refractivity contribution in [3.8, 4) is 11.5 Å². The van der Waals surface area contributed by atoms with E-state index < -0.39 is 11.6 Å². The van der Waals surface area contributed by atoms with Gasteiger partial charge in [-0.2, -0.15) is 0 Å². The second-order valence-electron chi connectivity index (χ2n) is 5.21. The van der Waals surface area contributed by atoms with Gasteiger partial charge in [0.15, 0.2) is 23.1 Å². The second-order valence-corrected chi connectivity index (χ2v) is 5.21. The maximum absolute atomic E-state index is 13.1. The van der Waals surface area contributed by atoms with Gasteiger partial charge in [-0.3, -0.25) is 4.79 Å². The minimum absolute atomic E-state index is 0.162. The molecule has 0 saturated carbocycles. The lowest BCUT2D eigenvalue weighted by atomic mass is 10.1. The number of ether oxygens (including phenoxy) is 2. The molecular formula is C18H19F2NO3. The van der Waals surface area contributed by atoms with Gasteiger partial charge in [-0.05, 0) is 41.8 Å². The van der Waals surface area contributed by atoms with E-state index in [-0.39, 0.29) is 12.3 Å². The first kappa shape index (κ1) is 17.7. The molecule has 1 amide bonds. The largest absolute Gasteiger partial charge is 0.493 e. The third kappa shape index (κ3) is 4.68. The van der Waals surface area contributed by atoms with Crippen LogP contribution in [0.3, 0.4) is 0 Å². The van der Waals surface area contributed by atoms with Crippen LogP contribution in [0.1, 0.15) is 11.1 Å². The van der Waals surface area contributed by atoms with Crippen LogP contribution in [0, 0.1) is 11.6 Å². The summed E-state index contributed by atoms with van der Waals surface area (Å²) in [4.78, 5) is 12.0. The highest BCUT2D eigenvalue weighted by Gasteiger charge is 2.08. The van der Waals surface area contributed by atoms with Crippen LogP contribution in [-0.2, 0) is 17.6 Å².